The molecule has 1 fully saturated rings. The number of urea groups is 1. The van der Waals surface area contributed by atoms with Crippen molar-refractivity contribution in [3.8, 4) is 0 Å². The Balaban J connectivity index is 2.59. The lowest BCUT2D eigenvalue weighted by Gasteiger charge is -2.28. The van der Waals surface area contributed by atoms with Gasteiger partial charge >= 0.3 is 12.0 Å². The third-order valence-electron chi connectivity index (χ3n) is 3.04. The summed E-state index contributed by atoms with van der Waals surface area (Å²) in [5, 5.41) is 11.1. The van der Waals surface area contributed by atoms with E-state index in [4.69, 9.17) is 5.11 Å². The summed E-state index contributed by atoms with van der Waals surface area (Å²) in [7, 11) is 3.09. The Morgan fingerprint density at radius 2 is 2.11 bits per heavy atom. The minimum atomic E-state index is -0.945. The van der Waals surface area contributed by atoms with Crippen LogP contribution in [0, 0.1) is 0 Å². The molecule has 0 spiro atoms. The molecule has 1 atom stereocenters. The number of likely N-dealkylation sites (tertiary alicyclic amines) is 1. The second-order valence-corrected chi connectivity index (χ2v) is 4.31. The van der Waals surface area contributed by atoms with Gasteiger partial charge in [-0.1, -0.05) is 0 Å². The van der Waals surface area contributed by atoms with Crippen LogP contribution in [0.1, 0.15) is 19.3 Å². The number of hydrogen-bond acceptors (Lipinski definition) is 3. The van der Waals surface area contributed by atoms with Crippen molar-refractivity contribution in [2.75, 3.05) is 27.2 Å². The number of likely N-dealkylation sites (N-methyl/N-ethyl adjacent to an activating group) is 1. The van der Waals surface area contributed by atoms with Crippen molar-refractivity contribution in [1.29, 1.82) is 0 Å². The number of hydrogen-bond donors (Lipinski definition) is 2. The molecule has 1 saturated heterocycles. The summed E-state index contributed by atoms with van der Waals surface area (Å²) in [6.07, 6.45) is 1.34. The molecule has 0 aromatic heterocycles. The summed E-state index contributed by atoms with van der Waals surface area (Å²) in [6, 6.07) is -0.725. The monoisotopic (exact) mass is 257 g/mol. The van der Waals surface area contributed by atoms with Gasteiger partial charge in [-0.05, 0) is 12.8 Å². The Morgan fingerprint density at radius 1 is 1.44 bits per heavy atom. The molecule has 0 bridgehead atoms. The van der Waals surface area contributed by atoms with Gasteiger partial charge in [-0.25, -0.2) is 4.79 Å². The highest BCUT2D eigenvalue weighted by Crippen LogP contribution is 2.18. The van der Waals surface area contributed by atoms with Crippen molar-refractivity contribution in [2.45, 2.75) is 25.3 Å². The van der Waals surface area contributed by atoms with E-state index in [9.17, 15) is 14.4 Å². The smallest absolute Gasteiger partial charge is 0.320 e. The number of carboxylic acid groups (broad SMARTS) is 1. The van der Waals surface area contributed by atoms with Crippen LogP contribution in [0.5, 0.6) is 0 Å². The number of carboxylic acids is 1. The summed E-state index contributed by atoms with van der Waals surface area (Å²) in [4.78, 5) is 37.0. The normalized spacial score (nSPS) is 18.6. The molecule has 0 aliphatic carbocycles. The van der Waals surface area contributed by atoms with Crippen LogP contribution in [0.3, 0.4) is 0 Å². The number of aliphatic carboxylic acids is 1. The van der Waals surface area contributed by atoms with E-state index < -0.39 is 12.0 Å². The highest BCUT2D eigenvalue weighted by molar-refractivity contribution is 5.87. The molecule has 1 heterocycles. The quantitative estimate of drug-likeness (QED) is 0.725. The molecule has 1 aliphatic heterocycles. The van der Waals surface area contributed by atoms with Gasteiger partial charge in [-0.2, -0.15) is 0 Å². The van der Waals surface area contributed by atoms with Gasteiger partial charge in [0.1, 0.15) is 6.04 Å². The molecule has 7 heteroatoms. The zero-order valence-corrected chi connectivity index (χ0v) is 10.7. The van der Waals surface area contributed by atoms with Crippen molar-refractivity contribution >= 4 is 17.9 Å². The minimum Gasteiger partial charge on any atom is -0.481 e. The second kappa shape index (κ2) is 6.23. The lowest BCUT2D eigenvalue weighted by Crippen LogP contribution is -2.49. The van der Waals surface area contributed by atoms with E-state index >= 15 is 0 Å². The molecule has 0 saturated carbocycles. The van der Waals surface area contributed by atoms with Crippen molar-refractivity contribution in [1.82, 2.24) is 15.1 Å². The highest BCUT2D eigenvalue weighted by atomic mass is 16.4. The van der Waals surface area contributed by atoms with Crippen LogP contribution < -0.4 is 5.32 Å². The summed E-state index contributed by atoms with van der Waals surface area (Å²) in [5.41, 5.74) is 0. The van der Waals surface area contributed by atoms with Crippen molar-refractivity contribution in [3.63, 3.8) is 0 Å². The molecule has 1 aliphatic rings. The molecule has 0 aromatic rings. The number of carbonyl (C=O) groups excluding carboxylic acids is 2. The largest absolute Gasteiger partial charge is 0.481 e. The van der Waals surface area contributed by atoms with Crippen LogP contribution in [0.2, 0.25) is 0 Å². The fourth-order valence-corrected chi connectivity index (χ4v) is 2.01. The zero-order valence-electron chi connectivity index (χ0n) is 10.7. The molecule has 18 heavy (non-hydrogen) atoms. The first-order valence-electron chi connectivity index (χ1n) is 5.92. The molecule has 3 amide bonds. The van der Waals surface area contributed by atoms with Crippen molar-refractivity contribution < 1.29 is 19.5 Å². The van der Waals surface area contributed by atoms with E-state index in [1.807, 2.05) is 0 Å². The van der Waals surface area contributed by atoms with Crippen LogP contribution in [0.25, 0.3) is 0 Å². The number of rotatable bonds is 4. The first-order chi connectivity index (χ1) is 8.47. The molecule has 2 N–H and O–H groups in total. The highest BCUT2D eigenvalue weighted by Gasteiger charge is 2.34. The van der Waals surface area contributed by atoms with E-state index in [0.717, 1.165) is 6.42 Å². The van der Waals surface area contributed by atoms with Crippen LogP contribution >= 0.6 is 0 Å². The van der Waals surface area contributed by atoms with Crippen molar-refractivity contribution in [3.05, 3.63) is 0 Å². The Labute approximate surface area is 106 Å². The van der Waals surface area contributed by atoms with Gasteiger partial charge in [0.15, 0.2) is 0 Å². The Kier molecular flexibility index (Phi) is 4.94. The van der Waals surface area contributed by atoms with E-state index in [-0.39, 0.29) is 24.9 Å². The molecule has 1 rings (SSSR count). The van der Waals surface area contributed by atoms with Gasteiger partial charge in [0.25, 0.3) is 0 Å². The number of nitrogens with one attached hydrogen (secondary N) is 1. The average molecular weight is 257 g/mol. The van der Waals surface area contributed by atoms with Gasteiger partial charge in [0, 0.05) is 27.2 Å². The van der Waals surface area contributed by atoms with Gasteiger partial charge < -0.3 is 20.2 Å². The molecule has 7 nitrogen and oxygen atoms in total. The standard InChI is InChI=1S/C11H19N3O4/c1-12-10(17)8-4-3-6-14(8)11(18)13(2)7-5-9(15)16/h8H,3-7H2,1-2H3,(H,12,17)(H,15,16). The van der Waals surface area contributed by atoms with Crippen LogP contribution in [-0.4, -0.2) is 66.0 Å². The first kappa shape index (κ1) is 14.3. The Bertz CT molecular complexity index is 345. The maximum atomic E-state index is 12.1. The van der Waals surface area contributed by atoms with Gasteiger partial charge in [-0.3, -0.25) is 9.59 Å². The van der Waals surface area contributed by atoms with E-state index in [1.54, 1.807) is 7.05 Å². The lowest BCUT2D eigenvalue weighted by molar-refractivity contribution is -0.137. The predicted octanol–water partition coefficient (Wildman–Crippen LogP) is -0.277. The third kappa shape index (κ3) is 3.35. The summed E-state index contributed by atoms with van der Waals surface area (Å²) in [6.45, 7) is 0.680. The molecule has 0 aromatic carbocycles. The predicted molar refractivity (Wildman–Crippen MR) is 64.1 cm³/mol. The maximum absolute atomic E-state index is 12.1. The molecule has 0 radical (unpaired) electrons. The summed E-state index contributed by atoms with van der Waals surface area (Å²) < 4.78 is 0. The van der Waals surface area contributed by atoms with E-state index in [1.165, 1.54) is 16.8 Å². The molecular formula is C11H19N3O4. The first-order valence-corrected chi connectivity index (χ1v) is 5.92. The molecular weight excluding hydrogens is 238 g/mol. The van der Waals surface area contributed by atoms with Crippen LogP contribution in [-0.2, 0) is 9.59 Å². The third-order valence-corrected chi connectivity index (χ3v) is 3.04. The van der Waals surface area contributed by atoms with Gasteiger partial charge in [-0.15, -0.1) is 0 Å². The fraction of sp³-hybridized carbons (Fsp3) is 0.727. The fourth-order valence-electron chi connectivity index (χ4n) is 2.01. The molecule has 102 valence electrons. The van der Waals surface area contributed by atoms with Crippen molar-refractivity contribution in [2.24, 2.45) is 0 Å². The number of nitrogens with zero attached hydrogens (tertiary/aromatic N) is 2. The van der Waals surface area contributed by atoms with E-state index in [0.29, 0.717) is 13.0 Å². The summed E-state index contributed by atoms with van der Waals surface area (Å²) in [5.74, 6) is -1.12. The average Bonchev–Trinajstić information content (AvgIpc) is 2.82. The van der Waals surface area contributed by atoms with E-state index in [2.05, 4.69) is 5.32 Å². The minimum absolute atomic E-state index is 0.0965. The zero-order chi connectivity index (χ0) is 13.7. The Hall–Kier alpha value is -1.79. The topological polar surface area (TPSA) is 90.0 Å². The van der Waals surface area contributed by atoms with Crippen LogP contribution in [0.4, 0.5) is 4.79 Å². The maximum Gasteiger partial charge on any atom is 0.320 e. The molecule has 1 unspecified atom stereocenters. The Morgan fingerprint density at radius 3 is 2.67 bits per heavy atom. The van der Waals surface area contributed by atoms with Crippen LogP contribution in [0.15, 0.2) is 0 Å². The number of carbonyl (C=O) groups is 3. The SMILES string of the molecule is CNC(=O)C1CCCN1C(=O)N(C)CCC(=O)O. The lowest BCUT2D eigenvalue weighted by atomic mass is 10.2. The second-order valence-electron chi connectivity index (χ2n) is 4.31. The van der Waals surface area contributed by atoms with Gasteiger partial charge in [0.05, 0.1) is 6.42 Å². The summed E-state index contributed by atoms with van der Waals surface area (Å²) >= 11 is 0. The van der Waals surface area contributed by atoms with Gasteiger partial charge in [0.2, 0.25) is 5.91 Å². The number of amides is 3.